The van der Waals surface area contributed by atoms with E-state index >= 15 is 0 Å². The van der Waals surface area contributed by atoms with Crippen molar-refractivity contribution < 1.29 is 14.3 Å². The topological polar surface area (TPSA) is 59.9 Å². The average molecular weight is 367 g/mol. The molecule has 24 heavy (non-hydrogen) atoms. The molecule has 0 fully saturated rings. The van der Waals surface area contributed by atoms with Crippen molar-refractivity contribution in [3.8, 4) is 11.5 Å². The van der Waals surface area contributed by atoms with Crippen LogP contribution in [0.25, 0.3) is 0 Å². The summed E-state index contributed by atoms with van der Waals surface area (Å²) in [5, 5.41) is 4.72. The lowest BCUT2D eigenvalue weighted by molar-refractivity contribution is -0.123. The fourth-order valence-corrected chi connectivity index (χ4v) is 2.10. The minimum atomic E-state index is -0.391. The van der Waals surface area contributed by atoms with Gasteiger partial charge in [0.05, 0.1) is 22.9 Å². The molecule has 1 N–H and O–H groups in total. The minimum Gasteiger partial charge on any atom is -0.490 e. The highest BCUT2D eigenvalue weighted by atomic mass is 35.5. The summed E-state index contributed by atoms with van der Waals surface area (Å²) in [4.78, 5) is 11.8. The molecule has 2 aromatic rings. The van der Waals surface area contributed by atoms with E-state index in [1.165, 1.54) is 6.21 Å². The zero-order valence-electron chi connectivity index (χ0n) is 13.0. The molecule has 0 aliphatic heterocycles. The fourth-order valence-electron chi connectivity index (χ4n) is 1.79. The molecule has 1 amide bonds. The Morgan fingerprint density at radius 1 is 1.12 bits per heavy atom. The van der Waals surface area contributed by atoms with Crippen molar-refractivity contribution in [3.05, 3.63) is 58.1 Å². The Labute approximate surface area is 150 Å². The third kappa shape index (κ3) is 5.44. The number of para-hydroxylation sites is 2. The van der Waals surface area contributed by atoms with Gasteiger partial charge in [-0.2, -0.15) is 5.10 Å². The number of ether oxygens (including phenoxy) is 2. The SMILES string of the molecule is CCOc1ccccc1OCC(=O)N/N=C/c1ccc(Cl)c(Cl)c1. The van der Waals surface area contributed by atoms with Gasteiger partial charge < -0.3 is 9.47 Å². The molecule has 126 valence electrons. The molecular formula is C17H16Cl2N2O3. The highest BCUT2D eigenvalue weighted by molar-refractivity contribution is 6.42. The van der Waals surface area contributed by atoms with Crippen molar-refractivity contribution in [3.63, 3.8) is 0 Å². The predicted octanol–water partition coefficient (Wildman–Crippen LogP) is 3.92. The van der Waals surface area contributed by atoms with Crippen LogP contribution in [0.5, 0.6) is 11.5 Å². The lowest BCUT2D eigenvalue weighted by Crippen LogP contribution is -2.24. The van der Waals surface area contributed by atoms with Crippen LogP contribution < -0.4 is 14.9 Å². The van der Waals surface area contributed by atoms with Gasteiger partial charge in [-0.3, -0.25) is 4.79 Å². The Bertz CT molecular complexity index is 736. The Morgan fingerprint density at radius 2 is 1.83 bits per heavy atom. The fraction of sp³-hybridized carbons (Fsp3) is 0.176. The lowest BCUT2D eigenvalue weighted by atomic mass is 10.2. The maximum absolute atomic E-state index is 11.8. The van der Waals surface area contributed by atoms with Crippen LogP contribution in [0.3, 0.4) is 0 Å². The molecule has 2 aromatic carbocycles. The molecule has 0 aromatic heterocycles. The number of carbonyl (C=O) groups excluding carboxylic acids is 1. The molecule has 0 radical (unpaired) electrons. The van der Waals surface area contributed by atoms with Gasteiger partial charge in [0.1, 0.15) is 0 Å². The second kappa shape index (κ2) is 9.15. The number of benzene rings is 2. The first-order valence-electron chi connectivity index (χ1n) is 7.21. The first kappa shape index (κ1) is 18.1. The van der Waals surface area contributed by atoms with Crippen molar-refractivity contribution in [2.24, 2.45) is 5.10 Å². The first-order chi connectivity index (χ1) is 11.6. The van der Waals surface area contributed by atoms with Gasteiger partial charge >= 0.3 is 0 Å². The van der Waals surface area contributed by atoms with E-state index in [1.807, 2.05) is 13.0 Å². The van der Waals surface area contributed by atoms with Crippen molar-refractivity contribution >= 4 is 35.3 Å². The number of nitrogens with one attached hydrogen (secondary N) is 1. The van der Waals surface area contributed by atoms with Gasteiger partial charge in [0.2, 0.25) is 0 Å². The molecular weight excluding hydrogens is 351 g/mol. The van der Waals surface area contributed by atoms with E-state index in [9.17, 15) is 4.79 Å². The van der Waals surface area contributed by atoms with E-state index in [1.54, 1.807) is 36.4 Å². The molecule has 0 unspecified atom stereocenters. The molecule has 7 heteroatoms. The Morgan fingerprint density at radius 3 is 2.50 bits per heavy atom. The first-order valence-corrected chi connectivity index (χ1v) is 7.97. The van der Waals surface area contributed by atoms with Gasteiger partial charge in [-0.1, -0.05) is 41.4 Å². The third-order valence-corrected chi connectivity index (χ3v) is 3.59. The number of nitrogens with zero attached hydrogens (tertiary/aromatic N) is 1. The molecule has 0 atom stereocenters. The summed E-state index contributed by atoms with van der Waals surface area (Å²) in [6.45, 7) is 2.21. The summed E-state index contributed by atoms with van der Waals surface area (Å²) in [5.41, 5.74) is 3.09. The molecule has 0 bridgehead atoms. The maximum atomic E-state index is 11.8. The van der Waals surface area contributed by atoms with Crippen molar-refractivity contribution in [2.75, 3.05) is 13.2 Å². The normalized spacial score (nSPS) is 10.6. The average Bonchev–Trinajstić information content (AvgIpc) is 2.57. The molecule has 0 saturated heterocycles. The largest absolute Gasteiger partial charge is 0.490 e. The molecule has 5 nitrogen and oxygen atoms in total. The van der Waals surface area contributed by atoms with Crippen molar-refractivity contribution in [1.82, 2.24) is 5.43 Å². The number of hydrazone groups is 1. The molecule has 0 aliphatic carbocycles. The highest BCUT2D eigenvalue weighted by Crippen LogP contribution is 2.26. The number of rotatable bonds is 7. The highest BCUT2D eigenvalue weighted by Gasteiger charge is 2.06. The smallest absolute Gasteiger partial charge is 0.277 e. The van der Waals surface area contributed by atoms with Gasteiger partial charge in [0.25, 0.3) is 5.91 Å². The standard InChI is InChI=1S/C17H16Cl2N2O3/c1-2-23-15-5-3-4-6-16(15)24-11-17(22)21-20-10-12-7-8-13(18)14(19)9-12/h3-10H,2,11H2,1H3,(H,21,22)/b20-10+. The van der Waals surface area contributed by atoms with Crippen LogP contribution in [-0.2, 0) is 4.79 Å². The van der Waals surface area contributed by atoms with Crippen LogP contribution in [0.15, 0.2) is 47.6 Å². The maximum Gasteiger partial charge on any atom is 0.277 e. The Hall–Kier alpha value is -2.24. The number of hydrogen-bond donors (Lipinski definition) is 1. The van der Waals surface area contributed by atoms with Crippen molar-refractivity contribution in [2.45, 2.75) is 6.92 Å². The monoisotopic (exact) mass is 366 g/mol. The summed E-state index contributed by atoms with van der Waals surface area (Å²) >= 11 is 11.7. The zero-order chi connectivity index (χ0) is 17.4. The Balaban J connectivity index is 1.85. The molecule has 2 rings (SSSR count). The van der Waals surface area contributed by atoms with Crippen LogP contribution in [-0.4, -0.2) is 25.3 Å². The van der Waals surface area contributed by atoms with E-state index < -0.39 is 5.91 Å². The summed E-state index contributed by atoms with van der Waals surface area (Å²) in [6, 6.07) is 12.2. The van der Waals surface area contributed by atoms with E-state index in [2.05, 4.69) is 10.5 Å². The lowest BCUT2D eigenvalue weighted by Gasteiger charge is -2.10. The number of amides is 1. The van der Waals surface area contributed by atoms with Gasteiger partial charge in [0, 0.05) is 0 Å². The van der Waals surface area contributed by atoms with E-state index in [4.69, 9.17) is 32.7 Å². The zero-order valence-corrected chi connectivity index (χ0v) is 14.5. The minimum absolute atomic E-state index is 0.178. The Kier molecular flexibility index (Phi) is 6.90. The van der Waals surface area contributed by atoms with Gasteiger partial charge in [0.15, 0.2) is 18.1 Å². The van der Waals surface area contributed by atoms with Crippen LogP contribution in [0.2, 0.25) is 10.0 Å². The molecule has 0 heterocycles. The second-order valence-corrected chi connectivity index (χ2v) is 5.45. The van der Waals surface area contributed by atoms with Crippen molar-refractivity contribution in [1.29, 1.82) is 0 Å². The number of halogens is 2. The summed E-state index contributed by atoms with van der Waals surface area (Å²) in [6.07, 6.45) is 1.47. The van der Waals surface area contributed by atoms with Gasteiger partial charge in [-0.25, -0.2) is 5.43 Å². The number of carbonyl (C=O) groups is 1. The third-order valence-electron chi connectivity index (χ3n) is 2.85. The molecule has 0 saturated carbocycles. The summed E-state index contributed by atoms with van der Waals surface area (Å²) in [5.74, 6) is 0.702. The summed E-state index contributed by atoms with van der Waals surface area (Å²) < 4.78 is 10.9. The predicted molar refractivity (Wildman–Crippen MR) is 95.3 cm³/mol. The van der Waals surface area contributed by atoms with E-state index in [-0.39, 0.29) is 6.61 Å². The quantitative estimate of drug-likeness (QED) is 0.596. The summed E-state index contributed by atoms with van der Waals surface area (Å²) in [7, 11) is 0. The van der Waals surface area contributed by atoms with E-state index in [0.29, 0.717) is 33.7 Å². The second-order valence-electron chi connectivity index (χ2n) is 4.64. The molecule has 0 aliphatic rings. The van der Waals surface area contributed by atoms with Crippen LogP contribution in [0, 0.1) is 0 Å². The van der Waals surface area contributed by atoms with Gasteiger partial charge in [-0.05, 0) is 36.8 Å². The van der Waals surface area contributed by atoms with Crippen LogP contribution in [0.1, 0.15) is 12.5 Å². The van der Waals surface area contributed by atoms with Gasteiger partial charge in [-0.15, -0.1) is 0 Å². The van der Waals surface area contributed by atoms with Crippen LogP contribution in [0.4, 0.5) is 0 Å². The molecule has 0 spiro atoms. The number of hydrogen-bond acceptors (Lipinski definition) is 4. The van der Waals surface area contributed by atoms with E-state index in [0.717, 1.165) is 0 Å². The van der Waals surface area contributed by atoms with Crippen LogP contribution >= 0.6 is 23.2 Å².